The van der Waals surface area contributed by atoms with Crippen LogP contribution in [0.5, 0.6) is 0 Å². The molecule has 1 atom stereocenters. The topological polar surface area (TPSA) is 29.1 Å². The van der Waals surface area contributed by atoms with Crippen molar-refractivity contribution < 1.29 is 4.21 Å². The van der Waals surface area contributed by atoms with Crippen LogP contribution >= 0.6 is 15.9 Å². The smallest absolute Gasteiger partial charge is 0.0530 e. The van der Waals surface area contributed by atoms with Gasteiger partial charge in [0.25, 0.3) is 0 Å². The fourth-order valence-corrected chi connectivity index (χ4v) is 2.79. The van der Waals surface area contributed by atoms with Crippen LogP contribution in [0, 0.1) is 0 Å². The van der Waals surface area contributed by atoms with Crippen molar-refractivity contribution >= 4 is 26.7 Å². The first-order chi connectivity index (χ1) is 6.74. The van der Waals surface area contributed by atoms with Crippen molar-refractivity contribution in [2.75, 3.05) is 19.3 Å². The Hall–Kier alpha value is -0.190. The van der Waals surface area contributed by atoms with Crippen LogP contribution in [0.4, 0.5) is 0 Å². The minimum Gasteiger partial charge on any atom is -0.320 e. The summed E-state index contributed by atoms with van der Waals surface area (Å²) in [4.78, 5) is 0.899. The summed E-state index contributed by atoms with van der Waals surface area (Å²) in [5.74, 6) is 0.720. The minimum absolute atomic E-state index is 0.720. The molecule has 14 heavy (non-hydrogen) atoms. The van der Waals surface area contributed by atoms with Crippen molar-refractivity contribution in [2.45, 2.75) is 11.3 Å². The molecule has 0 saturated carbocycles. The van der Waals surface area contributed by atoms with Crippen LogP contribution in [0.2, 0.25) is 0 Å². The lowest BCUT2D eigenvalue weighted by Gasteiger charge is -2.02. The van der Waals surface area contributed by atoms with Gasteiger partial charge in [0, 0.05) is 15.1 Å². The monoisotopic (exact) mass is 275 g/mol. The number of benzene rings is 1. The molecule has 0 aromatic heterocycles. The van der Waals surface area contributed by atoms with Gasteiger partial charge in [0.2, 0.25) is 0 Å². The van der Waals surface area contributed by atoms with E-state index in [1.807, 2.05) is 31.3 Å². The molecule has 0 aliphatic heterocycles. The lowest BCUT2D eigenvalue weighted by Crippen LogP contribution is -2.11. The van der Waals surface area contributed by atoms with Crippen LogP contribution in [0.3, 0.4) is 0 Å². The fourth-order valence-electron chi connectivity index (χ4n) is 1.11. The molecule has 0 amide bonds. The van der Waals surface area contributed by atoms with Crippen molar-refractivity contribution in [3.8, 4) is 0 Å². The van der Waals surface area contributed by atoms with Gasteiger partial charge in [-0.05, 0) is 38.2 Å². The lowest BCUT2D eigenvalue weighted by molar-refractivity contribution is 0.677. The molecule has 0 aliphatic rings. The van der Waals surface area contributed by atoms with E-state index in [-0.39, 0.29) is 0 Å². The molecule has 1 rings (SSSR count). The summed E-state index contributed by atoms with van der Waals surface area (Å²) in [6.07, 6.45) is 0.940. The molecule has 0 bridgehead atoms. The predicted molar refractivity (Wildman–Crippen MR) is 64.0 cm³/mol. The normalized spacial score (nSPS) is 12.7. The highest BCUT2D eigenvalue weighted by Gasteiger charge is 2.02. The Labute approximate surface area is 95.7 Å². The molecule has 0 radical (unpaired) electrons. The summed E-state index contributed by atoms with van der Waals surface area (Å²) in [6.45, 7) is 0.916. The van der Waals surface area contributed by atoms with E-state index in [1.165, 1.54) is 0 Å². The maximum atomic E-state index is 11.7. The van der Waals surface area contributed by atoms with Gasteiger partial charge in [-0.1, -0.05) is 22.0 Å². The number of hydrogen-bond donors (Lipinski definition) is 1. The molecule has 0 fully saturated rings. The molecule has 0 spiro atoms. The summed E-state index contributed by atoms with van der Waals surface area (Å²) < 4.78 is 12.7. The highest BCUT2D eigenvalue weighted by Crippen LogP contribution is 2.15. The molecule has 0 aliphatic carbocycles. The van der Waals surface area contributed by atoms with Crippen LogP contribution < -0.4 is 5.32 Å². The Morgan fingerprint density at radius 3 is 2.93 bits per heavy atom. The van der Waals surface area contributed by atoms with E-state index in [9.17, 15) is 4.21 Å². The predicted octanol–water partition coefficient (Wildman–Crippen LogP) is 2.17. The largest absolute Gasteiger partial charge is 0.320 e. The fraction of sp³-hybridized carbons (Fsp3) is 0.400. The molecule has 78 valence electrons. The highest BCUT2D eigenvalue weighted by molar-refractivity contribution is 9.10. The van der Waals surface area contributed by atoms with E-state index in [0.29, 0.717) is 0 Å². The Bertz CT molecular complexity index is 317. The van der Waals surface area contributed by atoms with Crippen molar-refractivity contribution in [3.05, 3.63) is 28.7 Å². The van der Waals surface area contributed by atoms with Crippen LogP contribution in [-0.2, 0) is 10.8 Å². The third kappa shape index (κ3) is 3.90. The maximum absolute atomic E-state index is 11.7. The first-order valence-corrected chi connectivity index (χ1v) is 6.64. The van der Waals surface area contributed by atoms with Crippen LogP contribution in [0.1, 0.15) is 6.42 Å². The molecular weight excluding hydrogens is 262 g/mol. The molecule has 1 aromatic carbocycles. The van der Waals surface area contributed by atoms with E-state index in [4.69, 9.17) is 0 Å². The second kappa shape index (κ2) is 6.32. The second-order valence-corrected chi connectivity index (χ2v) is 5.45. The Morgan fingerprint density at radius 1 is 1.50 bits per heavy atom. The maximum Gasteiger partial charge on any atom is 0.0530 e. The first kappa shape index (κ1) is 11.9. The summed E-state index contributed by atoms with van der Waals surface area (Å²) in [5, 5.41) is 3.04. The standard InChI is InChI=1S/C10H14BrNOS/c1-12-6-3-7-14(13)10-5-2-4-9(11)8-10/h2,4-5,8,12H,3,6-7H2,1H3. The Kier molecular flexibility index (Phi) is 5.37. The summed E-state index contributed by atoms with van der Waals surface area (Å²) in [7, 11) is 1.04. The Morgan fingerprint density at radius 2 is 2.29 bits per heavy atom. The van der Waals surface area contributed by atoms with Gasteiger partial charge in [-0.15, -0.1) is 0 Å². The number of halogens is 1. The minimum atomic E-state index is -0.865. The zero-order chi connectivity index (χ0) is 10.4. The van der Waals surface area contributed by atoms with Crippen LogP contribution in [0.15, 0.2) is 33.6 Å². The van der Waals surface area contributed by atoms with E-state index in [2.05, 4.69) is 21.2 Å². The zero-order valence-electron chi connectivity index (χ0n) is 8.13. The van der Waals surface area contributed by atoms with E-state index in [0.717, 1.165) is 28.1 Å². The average Bonchev–Trinajstić information content (AvgIpc) is 2.18. The summed E-state index contributed by atoms with van der Waals surface area (Å²) >= 11 is 3.37. The van der Waals surface area contributed by atoms with Gasteiger partial charge in [0.1, 0.15) is 0 Å². The van der Waals surface area contributed by atoms with Gasteiger partial charge in [0.15, 0.2) is 0 Å². The average molecular weight is 276 g/mol. The zero-order valence-corrected chi connectivity index (χ0v) is 10.5. The van der Waals surface area contributed by atoms with Gasteiger partial charge < -0.3 is 5.32 Å². The summed E-state index contributed by atoms with van der Waals surface area (Å²) in [6, 6.07) is 7.67. The quantitative estimate of drug-likeness (QED) is 0.835. The summed E-state index contributed by atoms with van der Waals surface area (Å²) in [5.41, 5.74) is 0. The van der Waals surface area contributed by atoms with Gasteiger partial charge >= 0.3 is 0 Å². The molecule has 1 aromatic rings. The molecule has 2 nitrogen and oxygen atoms in total. The third-order valence-corrected chi connectivity index (χ3v) is 3.75. The van der Waals surface area contributed by atoms with E-state index in [1.54, 1.807) is 0 Å². The number of hydrogen-bond acceptors (Lipinski definition) is 2. The van der Waals surface area contributed by atoms with Gasteiger partial charge in [-0.25, -0.2) is 0 Å². The Balaban J connectivity index is 2.52. The van der Waals surface area contributed by atoms with Crippen molar-refractivity contribution in [1.29, 1.82) is 0 Å². The van der Waals surface area contributed by atoms with E-state index < -0.39 is 10.8 Å². The van der Waals surface area contributed by atoms with Gasteiger partial charge in [-0.2, -0.15) is 0 Å². The van der Waals surface area contributed by atoms with Crippen LogP contribution in [0.25, 0.3) is 0 Å². The highest BCUT2D eigenvalue weighted by atomic mass is 79.9. The molecule has 0 saturated heterocycles. The van der Waals surface area contributed by atoms with Gasteiger partial charge in [0.05, 0.1) is 10.8 Å². The third-order valence-electron chi connectivity index (χ3n) is 1.82. The molecule has 0 heterocycles. The molecule has 1 N–H and O–H groups in total. The molecular formula is C10H14BrNOS. The first-order valence-electron chi connectivity index (χ1n) is 4.52. The molecule has 4 heteroatoms. The van der Waals surface area contributed by atoms with Crippen molar-refractivity contribution in [1.82, 2.24) is 5.32 Å². The molecule has 1 unspecified atom stereocenters. The van der Waals surface area contributed by atoms with Gasteiger partial charge in [-0.3, -0.25) is 4.21 Å². The van der Waals surface area contributed by atoms with Crippen molar-refractivity contribution in [2.24, 2.45) is 0 Å². The number of rotatable bonds is 5. The lowest BCUT2D eigenvalue weighted by atomic mass is 10.4. The van der Waals surface area contributed by atoms with Crippen molar-refractivity contribution in [3.63, 3.8) is 0 Å². The SMILES string of the molecule is CNCCCS(=O)c1cccc(Br)c1. The van der Waals surface area contributed by atoms with Crippen LogP contribution in [-0.4, -0.2) is 23.6 Å². The number of nitrogens with one attached hydrogen (secondary N) is 1. The second-order valence-electron chi connectivity index (χ2n) is 2.96. The van der Waals surface area contributed by atoms with E-state index >= 15 is 0 Å².